The van der Waals surface area contributed by atoms with Crippen LogP contribution in [0.4, 0.5) is 0 Å². The molecular weight excluding hydrogens is 288 g/mol. The summed E-state index contributed by atoms with van der Waals surface area (Å²) in [5.74, 6) is 0.654. The highest BCUT2D eigenvalue weighted by atomic mass is 16.5. The van der Waals surface area contributed by atoms with E-state index in [0.29, 0.717) is 18.1 Å². The summed E-state index contributed by atoms with van der Waals surface area (Å²) in [5.41, 5.74) is 3.09. The summed E-state index contributed by atoms with van der Waals surface area (Å²) in [4.78, 5) is 11.1. The summed E-state index contributed by atoms with van der Waals surface area (Å²) in [6, 6.07) is 12.8. The van der Waals surface area contributed by atoms with E-state index in [1.807, 2.05) is 18.2 Å². The van der Waals surface area contributed by atoms with E-state index >= 15 is 0 Å². The SMILES string of the molecule is C=CC(=O)Oc1ccc(OCc2ccc(C=C)c(C=C)c2)cc1. The van der Waals surface area contributed by atoms with Crippen molar-refractivity contribution in [2.24, 2.45) is 0 Å². The molecule has 0 heterocycles. The largest absolute Gasteiger partial charge is 0.489 e. The maximum Gasteiger partial charge on any atom is 0.335 e. The predicted molar refractivity (Wildman–Crippen MR) is 93.2 cm³/mol. The monoisotopic (exact) mass is 306 g/mol. The Morgan fingerprint density at radius 1 is 0.913 bits per heavy atom. The van der Waals surface area contributed by atoms with Crippen molar-refractivity contribution in [3.05, 3.63) is 85.0 Å². The molecule has 0 aromatic heterocycles. The van der Waals surface area contributed by atoms with Gasteiger partial charge >= 0.3 is 5.97 Å². The van der Waals surface area contributed by atoms with Gasteiger partial charge in [-0.2, -0.15) is 0 Å². The van der Waals surface area contributed by atoms with E-state index in [0.717, 1.165) is 22.8 Å². The van der Waals surface area contributed by atoms with Crippen LogP contribution in [0.5, 0.6) is 11.5 Å². The van der Waals surface area contributed by atoms with Crippen LogP contribution in [0.15, 0.2) is 68.3 Å². The van der Waals surface area contributed by atoms with Crippen LogP contribution in [0.3, 0.4) is 0 Å². The second kappa shape index (κ2) is 7.80. The van der Waals surface area contributed by atoms with Gasteiger partial charge in [0.2, 0.25) is 0 Å². The lowest BCUT2D eigenvalue weighted by Gasteiger charge is -2.09. The molecule has 0 N–H and O–H groups in total. The third-order valence-corrected chi connectivity index (χ3v) is 3.21. The normalized spacial score (nSPS) is 9.74. The van der Waals surface area contributed by atoms with Gasteiger partial charge < -0.3 is 9.47 Å². The van der Waals surface area contributed by atoms with E-state index in [-0.39, 0.29) is 0 Å². The molecule has 0 aliphatic carbocycles. The predicted octanol–water partition coefficient (Wildman–Crippen LogP) is 4.64. The van der Waals surface area contributed by atoms with Crippen LogP contribution in [0.1, 0.15) is 16.7 Å². The lowest BCUT2D eigenvalue weighted by atomic mass is 10.0. The number of carbonyl (C=O) groups excluding carboxylic acids is 1. The summed E-state index contributed by atoms with van der Waals surface area (Å²) in [5, 5.41) is 0. The highest BCUT2D eigenvalue weighted by molar-refractivity contribution is 5.83. The van der Waals surface area contributed by atoms with Gasteiger partial charge in [-0.05, 0) is 47.0 Å². The molecule has 0 amide bonds. The molecule has 0 saturated heterocycles. The molecule has 116 valence electrons. The summed E-state index contributed by atoms with van der Waals surface area (Å²) >= 11 is 0. The van der Waals surface area contributed by atoms with Gasteiger partial charge in [-0.15, -0.1) is 0 Å². The maximum absolute atomic E-state index is 11.1. The van der Waals surface area contributed by atoms with Gasteiger partial charge in [-0.3, -0.25) is 0 Å². The van der Waals surface area contributed by atoms with Crippen LogP contribution < -0.4 is 9.47 Å². The summed E-state index contributed by atoms with van der Waals surface area (Å²) in [6.07, 6.45) is 4.71. The third-order valence-electron chi connectivity index (χ3n) is 3.21. The molecule has 0 spiro atoms. The van der Waals surface area contributed by atoms with Gasteiger partial charge in [-0.1, -0.05) is 44.0 Å². The highest BCUT2D eigenvalue weighted by Gasteiger charge is 2.02. The quantitative estimate of drug-likeness (QED) is 0.424. The molecule has 0 bridgehead atoms. The molecule has 0 saturated carbocycles. The number of benzene rings is 2. The Morgan fingerprint density at radius 3 is 2.17 bits per heavy atom. The van der Waals surface area contributed by atoms with E-state index in [1.54, 1.807) is 36.4 Å². The average Bonchev–Trinajstić information content (AvgIpc) is 2.60. The second-order valence-corrected chi connectivity index (χ2v) is 4.76. The number of hydrogen-bond donors (Lipinski definition) is 0. The fraction of sp³-hybridized carbons (Fsp3) is 0.0500. The molecule has 0 aliphatic heterocycles. The lowest BCUT2D eigenvalue weighted by molar-refractivity contribution is -0.128. The van der Waals surface area contributed by atoms with E-state index in [9.17, 15) is 4.79 Å². The zero-order valence-electron chi connectivity index (χ0n) is 12.8. The highest BCUT2D eigenvalue weighted by Crippen LogP contribution is 2.20. The van der Waals surface area contributed by atoms with E-state index in [1.165, 1.54) is 0 Å². The molecule has 0 aliphatic rings. The van der Waals surface area contributed by atoms with Crippen LogP contribution in [0, 0.1) is 0 Å². The minimum Gasteiger partial charge on any atom is -0.489 e. The first-order chi connectivity index (χ1) is 11.2. The molecule has 2 aromatic rings. The van der Waals surface area contributed by atoms with Crippen molar-refractivity contribution in [1.82, 2.24) is 0 Å². The molecule has 0 atom stereocenters. The van der Waals surface area contributed by atoms with Gasteiger partial charge in [0.15, 0.2) is 0 Å². The van der Waals surface area contributed by atoms with E-state index in [4.69, 9.17) is 9.47 Å². The van der Waals surface area contributed by atoms with E-state index < -0.39 is 5.97 Å². The van der Waals surface area contributed by atoms with Crippen LogP contribution in [-0.4, -0.2) is 5.97 Å². The number of esters is 1. The Labute approximate surface area is 136 Å². The van der Waals surface area contributed by atoms with Crippen molar-refractivity contribution >= 4 is 18.1 Å². The molecular formula is C20H18O3. The maximum atomic E-state index is 11.1. The second-order valence-electron chi connectivity index (χ2n) is 4.76. The van der Waals surface area contributed by atoms with Crippen molar-refractivity contribution in [3.63, 3.8) is 0 Å². The standard InChI is InChI=1S/C20H18O3/c1-4-16-8-7-15(13-17(16)5-2)14-22-18-9-11-19(12-10-18)23-20(21)6-3/h4-13H,1-3,14H2. The molecule has 0 radical (unpaired) electrons. The molecule has 2 aromatic carbocycles. The summed E-state index contributed by atoms with van der Waals surface area (Å²) in [6.45, 7) is 11.4. The Hall–Kier alpha value is -3.07. The summed E-state index contributed by atoms with van der Waals surface area (Å²) < 4.78 is 10.7. The molecule has 3 heteroatoms. The van der Waals surface area contributed by atoms with Gasteiger partial charge in [0.25, 0.3) is 0 Å². The lowest BCUT2D eigenvalue weighted by Crippen LogP contribution is -2.03. The molecule has 23 heavy (non-hydrogen) atoms. The number of rotatable bonds is 7. The average molecular weight is 306 g/mol. The number of hydrogen-bond acceptors (Lipinski definition) is 3. The number of ether oxygens (including phenoxy) is 2. The fourth-order valence-corrected chi connectivity index (χ4v) is 2.01. The first-order valence-corrected chi connectivity index (χ1v) is 7.11. The first-order valence-electron chi connectivity index (χ1n) is 7.11. The molecule has 3 nitrogen and oxygen atoms in total. The minimum absolute atomic E-state index is 0.435. The Morgan fingerprint density at radius 2 is 1.57 bits per heavy atom. The zero-order valence-corrected chi connectivity index (χ0v) is 12.8. The van der Waals surface area contributed by atoms with Gasteiger partial charge in [0.05, 0.1) is 0 Å². The molecule has 2 rings (SSSR count). The van der Waals surface area contributed by atoms with Crippen molar-refractivity contribution in [2.75, 3.05) is 0 Å². The third kappa shape index (κ3) is 4.45. The Balaban J connectivity index is 2.00. The van der Waals surface area contributed by atoms with E-state index in [2.05, 4.69) is 19.7 Å². The van der Waals surface area contributed by atoms with Crippen LogP contribution in [0.25, 0.3) is 12.2 Å². The smallest absolute Gasteiger partial charge is 0.335 e. The van der Waals surface area contributed by atoms with Crippen molar-refractivity contribution in [2.45, 2.75) is 6.61 Å². The first kappa shape index (κ1) is 16.3. The van der Waals surface area contributed by atoms with Crippen molar-refractivity contribution < 1.29 is 14.3 Å². The topological polar surface area (TPSA) is 35.5 Å². The Bertz CT molecular complexity index is 727. The minimum atomic E-state index is -0.488. The van der Waals surface area contributed by atoms with Crippen molar-refractivity contribution in [3.8, 4) is 11.5 Å². The number of carbonyl (C=O) groups is 1. The van der Waals surface area contributed by atoms with Crippen LogP contribution in [-0.2, 0) is 11.4 Å². The Kier molecular flexibility index (Phi) is 5.53. The zero-order chi connectivity index (χ0) is 16.7. The van der Waals surface area contributed by atoms with Crippen LogP contribution >= 0.6 is 0 Å². The molecule has 0 fully saturated rings. The fourth-order valence-electron chi connectivity index (χ4n) is 2.01. The van der Waals surface area contributed by atoms with Crippen molar-refractivity contribution in [1.29, 1.82) is 0 Å². The van der Waals surface area contributed by atoms with Gasteiger partial charge in [-0.25, -0.2) is 4.79 Å². The summed E-state index contributed by atoms with van der Waals surface area (Å²) in [7, 11) is 0. The van der Waals surface area contributed by atoms with Gasteiger partial charge in [0, 0.05) is 6.08 Å². The van der Waals surface area contributed by atoms with Gasteiger partial charge in [0.1, 0.15) is 18.1 Å². The molecule has 0 unspecified atom stereocenters. The van der Waals surface area contributed by atoms with Crippen LogP contribution in [0.2, 0.25) is 0 Å².